The Morgan fingerprint density at radius 2 is 1.95 bits per heavy atom. The van der Waals surface area contributed by atoms with Crippen LogP contribution in [0.5, 0.6) is 0 Å². The number of allylic oxidation sites excluding steroid dienone is 2. The number of Topliss-reactive ketones (excluding diaryl/α,β-unsaturated/α-hetero) is 1. The van der Waals surface area contributed by atoms with Crippen LogP contribution in [0.15, 0.2) is 46.4 Å². The van der Waals surface area contributed by atoms with E-state index in [1.54, 1.807) is 0 Å². The molecule has 0 radical (unpaired) electrons. The van der Waals surface area contributed by atoms with Crippen molar-refractivity contribution in [2.45, 2.75) is 50.8 Å². The second kappa shape index (κ2) is 6.00. The number of ketones is 1. The van der Waals surface area contributed by atoms with Crippen molar-refractivity contribution in [3.63, 3.8) is 0 Å². The maximum Gasteiger partial charge on any atom is 0.140 e. The van der Waals surface area contributed by atoms with Gasteiger partial charge >= 0.3 is 0 Å². The monoisotopic (exact) mass is 300 g/mol. The third-order valence-corrected chi connectivity index (χ3v) is 6.66. The van der Waals surface area contributed by atoms with E-state index in [-0.39, 0.29) is 5.41 Å². The molecule has 2 atom stereocenters. The van der Waals surface area contributed by atoms with Crippen LogP contribution in [0.4, 0.5) is 0 Å². The highest BCUT2D eigenvalue weighted by Gasteiger charge is 2.48. The number of hydrogen-bond acceptors (Lipinski definition) is 2. The van der Waals surface area contributed by atoms with Crippen molar-refractivity contribution in [1.29, 1.82) is 0 Å². The number of carbonyl (C=O) groups is 1. The van der Waals surface area contributed by atoms with E-state index in [0.717, 1.165) is 31.4 Å². The SMILES string of the molecule is CC1=C(C)C[C@@]2(CSc3ccccc3)C(=O)CCC[C@@H]2C1. The molecule has 0 amide bonds. The minimum Gasteiger partial charge on any atom is -0.299 e. The number of hydrogen-bond donors (Lipinski definition) is 0. The summed E-state index contributed by atoms with van der Waals surface area (Å²) in [7, 11) is 0. The average Bonchev–Trinajstić information content (AvgIpc) is 2.49. The van der Waals surface area contributed by atoms with E-state index >= 15 is 0 Å². The number of thioether (sulfide) groups is 1. The number of carbonyl (C=O) groups excluding carboxylic acids is 1. The van der Waals surface area contributed by atoms with Crippen molar-refractivity contribution < 1.29 is 4.79 Å². The van der Waals surface area contributed by atoms with Gasteiger partial charge in [0, 0.05) is 22.5 Å². The zero-order valence-electron chi connectivity index (χ0n) is 13.0. The summed E-state index contributed by atoms with van der Waals surface area (Å²) in [6, 6.07) is 10.5. The Labute approximate surface area is 132 Å². The summed E-state index contributed by atoms with van der Waals surface area (Å²) < 4.78 is 0. The molecule has 1 aromatic carbocycles. The van der Waals surface area contributed by atoms with E-state index in [9.17, 15) is 4.79 Å². The zero-order chi connectivity index (χ0) is 14.9. The number of fused-ring (bicyclic) bond motifs is 1. The van der Waals surface area contributed by atoms with E-state index in [2.05, 4.69) is 38.1 Å². The van der Waals surface area contributed by atoms with Crippen LogP contribution in [-0.2, 0) is 4.79 Å². The zero-order valence-corrected chi connectivity index (χ0v) is 13.8. The van der Waals surface area contributed by atoms with Crippen LogP contribution in [0.2, 0.25) is 0 Å². The molecule has 0 spiro atoms. The van der Waals surface area contributed by atoms with E-state index in [0.29, 0.717) is 11.7 Å². The van der Waals surface area contributed by atoms with Gasteiger partial charge in [0.05, 0.1) is 0 Å². The van der Waals surface area contributed by atoms with Gasteiger partial charge in [0.25, 0.3) is 0 Å². The van der Waals surface area contributed by atoms with E-state index < -0.39 is 0 Å². The Bertz CT molecular complexity index is 560. The molecule has 3 rings (SSSR count). The van der Waals surface area contributed by atoms with Crippen LogP contribution in [-0.4, -0.2) is 11.5 Å². The van der Waals surface area contributed by atoms with Crippen molar-refractivity contribution in [3.8, 4) is 0 Å². The Balaban J connectivity index is 1.85. The van der Waals surface area contributed by atoms with Gasteiger partial charge in [-0.25, -0.2) is 0 Å². The molecule has 1 aromatic rings. The van der Waals surface area contributed by atoms with Gasteiger partial charge in [-0.15, -0.1) is 11.8 Å². The van der Waals surface area contributed by atoms with E-state index in [1.807, 2.05) is 17.8 Å². The third kappa shape index (κ3) is 2.83. The molecule has 0 unspecified atom stereocenters. The Morgan fingerprint density at radius 1 is 1.19 bits per heavy atom. The number of rotatable bonds is 3. The van der Waals surface area contributed by atoms with Crippen LogP contribution in [0.1, 0.15) is 46.0 Å². The second-order valence-corrected chi connectivity index (χ2v) is 7.76. The molecule has 112 valence electrons. The molecule has 2 aliphatic carbocycles. The molecule has 0 aromatic heterocycles. The van der Waals surface area contributed by atoms with Crippen molar-refractivity contribution in [1.82, 2.24) is 0 Å². The lowest BCUT2D eigenvalue weighted by molar-refractivity contribution is -0.134. The van der Waals surface area contributed by atoms with Crippen LogP contribution in [0.3, 0.4) is 0 Å². The first kappa shape index (κ1) is 14.9. The molecule has 0 heterocycles. The number of benzene rings is 1. The normalized spacial score (nSPS) is 29.4. The van der Waals surface area contributed by atoms with Gasteiger partial charge in [-0.1, -0.05) is 29.3 Å². The van der Waals surface area contributed by atoms with Gasteiger partial charge in [-0.2, -0.15) is 0 Å². The van der Waals surface area contributed by atoms with Crippen LogP contribution >= 0.6 is 11.8 Å². The summed E-state index contributed by atoms with van der Waals surface area (Å²) in [5.74, 6) is 2.04. The molecule has 0 aliphatic heterocycles. The fourth-order valence-electron chi connectivity index (χ4n) is 3.95. The largest absolute Gasteiger partial charge is 0.299 e. The van der Waals surface area contributed by atoms with Crippen molar-refractivity contribution in [2.75, 3.05) is 5.75 Å². The topological polar surface area (TPSA) is 17.1 Å². The highest BCUT2D eigenvalue weighted by atomic mass is 32.2. The molecule has 0 N–H and O–H groups in total. The molecule has 0 bridgehead atoms. The first-order valence-corrected chi connectivity index (χ1v) is 8.97. The molecule has 1 fully saturated rings. The molecule has 1 saturated carbocycles. The summed E-state index contributed by atoms with van der Waals surface area (Å²) in [5, 5.41) is 0. The predicted octanol–water partition coefficient (Wildman–Crippen LogP) is 5.26. The smallest absolute Gasteiger partial charge is 0.140 e. The lowest BCUT2D eigenvalue weighted by Gasteiger charge is -2.46. The lowest BCUT2D eigenvalue weighted by atomic mass is 9.59. The minimum atomic E-state index is -0.0949. The van der Waals surface area contributed by atoms with Gasteiger partial charge in [0.1, 0.15) is 5.78 Å². The van der Waals surface area contributed by atoms with Crippen LogP contribution in [0, 0.1) is 11.3 Å². The third-order valence-electron chi connectivity index (χ3n) is 5.39. The van der Waals surface area contributed by atoms with Gasteiger partial charge in [-0.05, 0) is 57.6 Å². The standard InChI is InChI=1S/C19H24OS/c1-14-11-16-7-6-10-18(20)19(16,12-15(14)2)13-21-17-8-4-3-5-9-17/h3-5,8-9,16H,6-7,10-13H2,1-2H3/t16-,19+/m1/s1. The first-order valence-electron chi connectivity index (χ1n) is 7.98. The quantitative estimate of drug-likeness (QED) is 0.559. The molecule has 2 heteroatoms. The Morgan fingerprint density at radius 3 is 2.71 bits per heavy atom. The summed E-state index contributed by atoms with van der Waals surface area (Å²) >= 11 is 1.87. The fourth-order valence-corrected chi connectivity index (χ4v) is 5.22. The average molecular weight is 300 g/mol. The predicted molar refractivity (Wildman–Crippen MR) is 89.6 cm³/mol. The van der Waals surface area contributed by atoms with Crippen molar-refractivity contribution >= 4 is 17.5 Å². The molecule has 0 saturated heterocycles. The molecule has 1 nitrogen and oxygen atoms in total. The Hall–Kier alpha value is -1.02. The van der Waals surface area contributed by atoms with Crippen LogP contribution < -0.4 is 0 Å². The second-order valence-electron chi connectivity index (χ2n) is 6.71. The highest BCUT2D eigenvalue weighted by molar-refractivity contribution is 7.99. The van der Waals surface area contributed by atoms with E-state index in [1.165, 1.54) is 22.5 Å². The summed E-state index contributed by atoms with van der Waals surface area (Å²) in [6.07, 6.45) is 5.23. The highest BCUT2D eigenvalue weighted by Crippen LogP contribution is 2.52. The lowest BCUT2D eigenvalue weighted by Crippen LogP contribution is -2.46. The maximum atomic E-state index is 12.8. The van der Waals surface area contributed by atoms with Gasteiger partial charge < -0.3 is 0 Å². The molecule has 2 aliphatic rings. The maximum absolute atomic E-state index is 12.8. The molecule has 21 heavy (non-hydrogen) atoms. The summed E-state index contributed by atoms with van der Waals surface area (Å²) in [5.41, 5.74) is 2.88. The summed E-state index contributed by atoms with van der Waals surface area (Å²) in [4.78, 5) is 14.1. The van der Waals surface area contributed by atoms with Gasteiger partial charge in [0.15, 0.2) is 0 Å². The van der Waals surface area contributed by atoms with Gasteiger partial charge in [-0.3, -0.25) is 4.79 Å². The van der Waals surface area contributed by atoms with Crippen molar-refractivity contribution in [2.24, 2.45) is 11.3 Å². The van der Waals surface area contributed by atoms with E-state index in [4.69, 9.17) is 0 Å². The Kier molecular flexibility index (Phi) is 4.26. The molecular weight excluding hydrogens is 276 g/mol. The first-order chi connectivity index (χ1) is 10.1. The van der Waals surface area contributed by atoms with Crippen LogP contribution in [0.25, 0.3) is 0 Å². The van der Waals surface area contributed by atoms with Gasteiger partial charge in [0.2, 0.25) is 0 Å². The molecular formula is C19H24OS. The van der Waals surface area contributed by atoms with Crippen molar-refractivity contribution in [3.05, 3.63) is 41.5 Å². The minimum absolute atomic E-state index is 0.0949. The summed E-state index contributed by atoms with van der Waals surface area (Å²) in [6.45, 7) is 4.48. The fraction of sp³-hybridized carbons (Fsp3) is 0.526.